The van der Waals surface area contributed by atoms with E-state index in [0.29, 0.717) is 28.1 Å². The Labute approximate surface area is 155 Å². The summed E-state index contributed by atoms with van der Waals surface area (Å²) in [5.74, 6) is -0.347. The summed E-state index contributed by atoms with van der Waals surface area (Å²) >= 11 is 0. The molecule has 0 spiro atoms. The Morgan fingerprint density at radius 2 is 1.19 bits per heavy atom. The zero-order chi connectivity index (χ0) is 18.4. The Morgan fingerprint density at radius 3 is 1.85 bits per heavy atom. The number of fused-ring (bicyclic) bond motifs is 2. The molecule has 0 amide bonds. The third-order valence-corrected chi connectivity index (χ3v) is 4.79. The average Bonchev–Trinajstić information content (AvgIpc) is 3.14. The summed E-state index contributed by atoms with van der Waals surface area (Å²) in [6.45, 7) is 0. The van der Waals surface area contributed by atoms with Gasteiger partial charge in [-0.05, 0) is 12.1 Å². The zero-order valence-corrected chi connectivity index (χ0v) is 14.3. The van der Waals surface area contributed by atoms with Gasteiger partial charge in [0.25, 0.3) is 0 Å². The van der Waals surface area contributed by atoms with Crippen LogP contribution in [0.3, 0.4) is 0 Å². The first-order chi connectivity index (χ1) is 13.3. The number of carbonyl (C=O) groups is 2. The number of rotatable bonds is 2. The minimum atomic E-state index is -0.182. The van der Waals surface area contributed by atoms with Crippen LogP contribution in [0.5, 0.6) is 0 Å². The quantitative estimate of drug-likeness (QED) is 0.476. The van der Waals surface area contributed by atoms with Gasteiger partial charge in [-0.15, -0.1) is 0 Å². The van der Waals surface area contributed by atoms with Gasteiger partial charge in [-0.25, -0.2) is 4.68 Å². The first-order valence-electron chi connectivity index (χ1n) is 8.68. The summed E-state index contributed by atoms with van der Waals surface area (Å²) in [7, 11) is 0. The van der Waals surface area contributed by atoms with Gasteiger partial charge in [0.2, 0.25) is 5.78 Å². The van der Waals surface area contributed by atoms with Crippen LogP contribution in [-0.2, 0) is 0 Å². The molecule has 128 valence electrons. The Morgan fingerprint density at radius 1 is 0.630 bits per heavy atom. The highest BCUT2D eigenvalue weighted by atomic mass is 16.1. The average molecular weight is 350 g/mol. The van der Waals surface area contributed by atoms with Gasteiger partial charge in [-0.2, -0.15) is 5.10 Å². The largest absolute Gasteiger partial charge is 0.288 e. The number of aromatic nitrogens is 2. The fourth-order valence-electron chi connectivity index (χ4n) is 3.54. The second kappa shape index (κ2) is 5.88. The maximum Gasteiger partial charge on any atom is 0.213 e. The van der Waals surface area contributed by atoms with Crippen molar-refractivity contribution < 1.29 is 9.59 Å². The van der Waals surface area contributed by atoms with Gasteiger partial charge in [-0.3, -0.25) is 9.59 Å². The predicted molar refractivity (Wildman–Crippen MR) is 102 cm³/mol. The monoisotopic (exact) mass is 350 g/mol. The molecule has 27 heavy (non-hydrogen) atoms. The number of para-hydroxylation sites is 1. The van der Waals surface area contributed by atoms with E-state index in [9.17, 15) is 9.59 Å². The molecule has 0 unspecified atom stereocenters. The van der Waals surface area contributed by atoms with E-state index in [1.54, 1.807) is 28.9 Å². The van der Waals surface area contributed by atoms with Gasteiger partial charge < -0.3 is 0 Å². The van der Waals surface area contributed by atoms with Crippen molar-refractivity contribution in [1.82, 2.24) is 9.78 Å². The summed E-state index contributed by atoms with van der Waals surface area (Å²) in [5, 5.41) is 4.69. The maximum absolute atomic E-state index is 13.3. The molecule has 0 saturated carbocycles. The van der Waals surface area contributed by atoms with Crippen LogP contribution in [0.15, 0.2) is 84.9 Å². The molecule has 0 aliphatic heterocycles. The smallest absolute Gasteiger partial charge is 0.213 e. The highest BCUT2D eigenvalue weighted by Gasteiger charge is 2.37. The van der Waals surface area contributed by atoms with Crippen molar-refractivity contribution in [3.8, 4) is 16.9 Å². The molecule has 0 saturated heterocycles. The van der Waals surface area contributed by atoms with Gasteiger partial charge >= 0.3 is 0 Å². The molecule has 4 aromatic rings. The van der Waals surface area contributed by atoms with E-state index in [2.05, 4.69) is 0 Å². The molecular weight excluding hydrogens is 336 g/mol. The van der Waals surface area contributed by atoms with Crippen LogP contribution in [0.25, 0.3) is 16.9 Å². The van der Waals surface area contributed by atoms with Gasteiger partial charge in [0, 0.05) is 16.7 Å². The fraction of sp³-hybridized carbons (Fsp3) is 0. The van der Waals surface area contributed by atoms with E-state index < -0.39 is 0 Å². The van der Waals surface area contributed by atoms with Crippen LogP contribution >= 0.6 is 0 Å². The van der Waals surface area contributed by atoms with Crippen molar-refractivity contribution in [1.29, 1.82) is 0 Å². The molecule has 4 heteroatoms. The molecule has 0 bridgehead atoms. The number of nitrogens with zero attached hydrogens (tertiary/aromatic N) is 2. The predicted octanol–water partition coefficient (Wildman–Crippen LogP) is 4.31. The third-order valence-electron chi connectivity index (χ3n) is 4.79. The minimum Gasteiger partial charge on any atom is -0.288 e. The number of ketones is 2. The van der Waals surface area contributed by atoms with Crippen LogP contribution in [-0.4, -0.2) is 21.3 Å². The Hall–Kier alpha value is -3.79. The van der Waals surface area contributed by atoms with Crippen LogP contribution in [0.1, 0.15) is 32.0 Å². The highest BCUT2D eigenvalue weighted by molar-refractivity contribution is 6.29. The summed E-state index contributed by atoms with van der Waals surface area (Å²) in [6.07, 6.45) is 0. The summed E-state index contributed by atoms with van der Waals surface area (Å²) in [5.41, 5.74) is 3.63. The van der Waals surface area contributed by atoms with E-state index in [1.807, 2.05) is 60.7 Å². The molecule has 0 radical (unpaired) electrons. The molecule has 0 fully saturated rings. The van der Waals surface area contributed by atoms with Gasteiger partial charge in [0.1, 0.15) is 11.4 Å². The summed E-state index contributed by atoms with van der Waals surface area (Å²) in [6, 6.07) is 25.9. The van der Waals surface area contributed by atoms with E-state index in [0.717, 1.165) is 11.3 Å². The second-order valence-corrected chi connectivity index (χ2v) is 6.39. The Kier molecular flexibility index (Phi) is 3.37. The maximum atomic E-state index is 13.3. The van der Waals surface area contributed by atoms with Crippen molar-refractivity contribution in [3.05, 3.63) is 107 Å². The molecular formula is C23H14N2O2. The van der Waals surface area contributed by atoms with E-state index in [4.69, 9.17) is 5.10 Å². The van der Waals surface area contributed by atoms with Crippen molar-refractivity contribution in [2.75, 3.05) is 0 Å². The van der Waals surface area contributed by atoms with Gasteiger partial charge in [0.15, 0.2) is 5.78 Å². The van der Waals surface area contributed by atoms with Gasteiger partial charge in [-0.1, -0.05) is 72.8 Å². The van der Waals surface area contributed by atoms with Crippen LogP contribution < -0.4 is 0 Å². The van der Waals surface area contributed by atoms with Gasteiger partial charge in [0.05, 0.1) is 11.3 Å². The molecule has 1 aliphatic carbocycles. The lowest BCUT2D eigenvalue weighted by molar-refractivity contribution is 0.0975. The first-order valence-corrected chi connectivity index (χ1v) is 8.68. The topological polar surface area (TPSA) is 52.0 Å². The number of hydrogen-bond acceptors (Lipinski definition) is 3. The van der Waals surface area contributed by atoms with Crippen LogP contribution in [0.2, 0.25) is 0 Å². The second-order valence-electron chi connectivity index (χ2n) is 6.39. The SMILES string of the molecule is O=C1c2ccccc2C(=O)c2c1c(-c1ccccc1)nn2-c1ccccc1. The molecule has 0 N–H and O–H groups in total. The lowest BCUT2D eigenvalue weighted by atomic mass is 9.85. The van der Waals surface area contributed by atoms with Crippen molar-refractivity contribution in [2.24, 2.45) is 0 Å². The first kappa shape index (κ1) is 15.5. The van der Waals surface area contributed by atoms with E-state index in [1.165, 1.54) is 0 Å². The van der Waals surface area contributed by atoms with Crippen LogP contribution in [0, 0.1) is 0 Å². The zero-order valence-electron chi connectivity index (χ0n) is 14.3. The normalized spacial score (nSPS) is 12.6. The van der Waals surface area contributed by atoms with E-state index in [-0.39, 0.29) is 11.6 Å². The molecule has 4 nitrogen and oxygen atoms in total. The molecule has 0 atom stereocenters. The minimum absolute atomic E-state index is 0.166. The lowest BCUT2D eigenvalue weighted by Crippen LogP contribution is -2.22. The molecule has 1 aromatic heterocycles. The summed E-state index contributed by atoms with van der Waals surface area (Å²) < 4.78 is 1.59. The molecule has 1 aliphatic rings. The summed E-state index contributed by atoms with van der Waals surface area (Å²) in [4.78, 5) is 26.6. The standard InChI is InChI=1S/C23H14N2O2/c26-22-17-13-7-8-14-18(17)23(27)21-19(22)20(15-9-3-1-4-10-15)24-25(21)16-11-5-2-6-12-16/h1-14H. The van der Waals surface area contributed by atoms with Crippen LogP contribution in [0.4, 0.5) is 0 Å². The highest BCUT2D eigenvalue weighted by Crippen LogP contribution is 2.35. The van der Waals surface area contributed by atoms with Crippen molar-refractivity contribution in [2.45, 2.75) is 0 Å². The number of carbonyl (C=O) groups excluding carboxylic acids is 2. The van der Waals surface area contributed by atoms with E-state index >= 15 is 0 Å². The van der Waals surface area contributed by atoms with Crippen molar-refractivity contribution >= 4 is 11.6 Å². The Balaban J connectivity index is 1.85. The Bertz CT molecular complexity index is 1100. The number of benzene rings is 3. The van der Waals surface area contributed by atoms with Crippen molar-refractivity contribution in [3.63, 3.8) is 0 Å². The fourth-order valence-corrected chi connectivity index (χ4v) is 3.54. The lowest BCUT2D eigenvalue weighted by Gasteiger charge is -2.16. The molecule has 1 heterocycles. The number of hydrogen-bond donors (Lipinski definition) is 0. The molecule has 3 aromatic carbocycles. The molecule has 5 rings (SSSR count). The third kappa shape index (κ3) is 2.27.